The Bertz CT molecular complexity index is 1020. The van der Waals surface area contributed by atoms with Crippen LogP contribution in [-0.2, 0) is 17.1 Å². The molecule has 3 rings (SSSR count). The molecule has 0 aliphatic carbocycles. The minimum Gasteiger partial charge on any atom is -0.319 e. The standard InChI is InChI=1S/C15H13FN2O2S2/c1-10-4-3-5-13-14(10)18(2)15(21-13)17-22(19,20)12-8-6-11(16)7-9-12/h3-9H,1-2H3. The zero-order valence-corrected chi connectivity index (χ0v) is 13.6. The molecule has 0 spiro atoms. The van der Waals surface area contributed by atoms with Crippen molar-refractivity contribution in [1.29, 1.82) is 0 Å². The topological polar surface area (TPSA) is 51.4 Å². The number of hydrogen-bond acceptors (Lipinski definition) is 3. The third-order valence-corrected chi connectivity index (χ3v) is 5.83. The maximum Gasteiger partial charge on any atom is 0.285 e. The normalized spacial score (nSPS) is 13.0. The largest absolute Gasteiger partial charge is 0.319 e. The molecule has 0 bridgehead atoms. The zero-order valence-electron chi connectivity index (χ0n) is 11.9. The average molecular weight is 336 g/mol. The molecule has 0 amide bonds. The van der Waals surface area contributed by atoms with E-state index in [0.29, 0.717) is 4.80 Å². The van der Waals surface area contributed by atoms with E-state index in [9.17, 15) is 12.8 Å². The summed E-state index contributed by atoms with van der Waals surface area (Å²) in [5, 5.41) is 0. The molecule has 0 unspecified atom stereocenters. The molecule has 22 heavy (non-hydrogen) atoms. The first-order valence-electron chi connectivity index (χ1n) is 6.50. The summed E-state index contributed by atoms with van der Waals surface area (Å²) in [6.07, 6.45) is 0. The molecule has 114 valence electrons. The molecule has 2 aromatic carbocycles. The molecule has 0 aliphatic rings. The lowest BCUT2D eigenvalue weighted by molar-refractivity contribution is 0.595. The Balaban J connectivity index is 2.22. The summed E-state index contributed by atoms with van der Waals surface area (Å²) in [6, 6.07) is 10.5. The van der Waals surface area contributed by atoms with Crippen molar-refractivity contribution in [3.8, 4) is 0 Å². The van der Waals surface area contributed by atoms with Crippen LogP contribution in [0.3, 0.4) is 0 Å². The van der Waals surface area contributed by atoms with Gasteiger partial charge in [-0.1, -0.05) is 23.5 Å². The summed E-state index contributed by atoms with van der Waals surface area (Å²) in [5.74, 6) is -0.484. The molecule has 0 N–H and O–H groups in total. The maximum atomic E-state index is 12.9. The van der Waals surface area contributed by atoms with E-state index in [1.807, 2.05) is 25.1 Å². The number of sulfonamides is 1. The smallest absolute Gasteiger partial charge is 0.285 e. The number of aryl methyl sites for hydroxylation is 2. The number of halogens is 1. The number of hydrogen-bond donors (Lipinski definition) is 0. The second-order valence-corrected chi connectivity index (χ2v) is 7.50. The number of nitrogens with zero attached hydrogens (tertiary/aromatic N) is 2. The van der Waals surface area contributed by atoms with Gasteiger partial charge in [0.25, 0.3) is 10.0 Å². The highest BCUT2D eigenvalue weighted by atomic mass is 32.2. The highest BCUT2D eigenvalue weighted by Crippen LogP contribution is 2.20. The second kappa shape index (κ2) is 5.33. The first-order valence-corrected chi connectivity index (χ1v) is 8.76. The van der Waals surface area contributed by atoms with E-state index in [-0.39, 0.29) is 4.90 Å². The van der Waals surface area contributed by atoms with Crippen molar-refractivity contribution >= 4 is 31.6 Å². The van der Waals surface area contributed by atoms with Gasteiger partial charge in [-0.15, -0.1) is 4.40 Å². The van der Waals surface area contributed by atoms with Gasteiger partial charge >= 0.3 is 0 Å². The molecular weight excluding hydrogens is 323 g/mol. The van der Waals surface area contributed by atoms with Crippen molar-refractivity contribution < 1.29 is 12.8 Å². The van der Waals surface area contributed by atoms with Crippen LogP contribution in [-0.4, -0.2) is 13.0 Å². The number of aromatic nitrogens is 1. The van der Waals surface area contributed by atoms with Gasteiger partial charge in [0.2, 0.25) is 4.80 Å². The van der Waals surface area contributed by atoms with Crippen LogP contribution in [0.4, 0.5) is 4.39 Å². The Labute approximate surface area is 131 Å². The van der Waals surface area contributed by atoms with Gasteiger partial charge in [0.1, 0.15) is 5.82 Å². The van der Waals surface area contributed by atoms with Crippen LogP contribution in [0.1, 0.15) is 5.56 Å². The van der Waals surface area contributed by atoms with Crippen molar-refractivity contribution in [1.82, 2.24) is 4.57 Å². The van der Waals surface area contributed by atoms with Gasteiger partial charge < -0.3 is 4.57 Å². The molecule has 0 radical (unpaired) electrons. The van der Waals surface area contributed by atoms with E-state index in [1.54, 1.807) is 11.6 Å². The third kappa shape index (κ3) is 2.57. The fourth-order valence-electron chi connectivity index (χ4n) is 2.25. The van der Waals surface area contributed by atoms with Crippen LogP contribution in [0.25, 0.3) is 10.2 Å². The first kappa shape index (κ1) is 14.9. The van der Waals surface area contributed by atoms with Crippen molar-refractivity contribution in [3.63, 3.8) is 0 Å². The maximum absolute atomic E-state index is 12.9. The monoisotopic (exact) mass is 336 g/mol. The Morgan fingerprint density at radius 3 is 2.45 bits per heavy atom. The Morgan fingerprint density at radius 2 is 1.82 bits per heavy atom. The molecule has 1 heterocycles. The number of rotatable bonds is 2. The molecule has 4 nitrogen and oxygen atoms in total. The van der Waals surface area contributed by atoms with Crippen LogP contribution in [0.5, 0.6) is 0 Å². The number of fused-ring (bicyclic) bond motifs is 1. The fourth-order valence-corrected chi connectivity index (χ4v) is 4.57. The van der Waals surface area contributed by atoms with E-state index in [4.69, 9.17) is 0 Å². The second-order valence-electron chi connectivity index (χ2n) is 4.89. The van der Waals surface area contributed by atoms with Crippen LogP contribution in [0.2, 0.25) is 0 Å². The summed E-state index contributed by atoms with van der Waals surface area (Å²) in [6.45, 7) is 1.97. The Hall–Kier alpha value is -1.99. The Kier molecular flexibility index (Phi) is 3.62. The number of benzene rings is 2. The van der Waals surface area contributed by atoms with Gasteiger partial charge in [0.15, 0.2) is 0 Å². The van der Waals surface area contributed by atoms with Crippen molar-refractivity contribution in [3.05, 3.63) is 58.6 Å². The molecule has 0 saturated heterocycles. The van der Waals surface area contributed by atoms with Crippen LogP contribution < -0.4 is 4.80 Å². The lowest BCUT2D eigenvalue weighted by Gasteiger charge is -2.00. The van der Waals surface area contributed by atoms with E-state index in [1.165, 1.54) is 23.5 Å². The van der Waals surface area contributed by atoms with Gasteiger partial charge in [-0.25, -0.2) is 4.39 Å². The highest BCUT2D eigenvalue weighted by Gasteiger charge is 2.14. The summed E-state index contributed by atoms with van der Waals surface area (Å²) < 4.78 is 44.2. The summed E-state index contributed by atoms with van der Waals surface area (Å²) in [5.41, 5.74) is 2.01. The zero-order chi connectivity index (χ0) is 15.9. The van der Waals surface area contributed by atoms with E-state index in [2.05, 4.69) is 4.40 Å². The predicted molar refractivity (Wildman–Crippen MR) is 84.7 cm³/mol. The molecule has 1 aromatic heterocycles. The third-order valence-electron chi connectivity index (χ3n) is 3.33. The molecule has 0 aliphatic heterocycles. The SMILES string of the molecule is Cc1cccc2sc(=NS(=O)(=O)c3ccc(F)cc3)n(C)c12. The average Bonchev–Trinajstić information content (AvgIpc) is 2.76. The van der Waals surface area contributed by atoms with E-state index < -0.39 is 15.8 Å². The van der Waals surface area contributed by atoms with Gasteiger partial charge in [-0.3, -0.25) is 0 Å². The molecule has 0 saturated carbocycles. The van der Waals surface area contributed by atoms with Crippen LogP contribution in [0, 0.1) is 12.7 Å². The highest BCUT2D eigenvalue weighted by molar-refractivity contribution is 7.90. The molecule has 3 aromatic rings. The van der Waals surface area contributed by atoms with E-state index >= 15 is 0 Å². The summed E-state index contributed by atoms with van der Waals surface area (Å²) >= 11 is 1.31. The van der Waals surface area contributed by atoms with Gasteiger partial charge in [0.05, 0.1) is 15.1 Å². The molecular formula is C15H13FN2O2S2. The lowest BCUT2D eigenvalue weighted by Crippen LogP contribution is -2.14. The van der Waals surface area contributed by atoms with Crippen molar-refractivity contribution in [2.24, 2.45) is 11.4 Å². The van der Waals surface area contributed by atoms with Crippen molar-refractivity contribution in [2.45, 2.75) is 11.8 Å². The number of thiazole rings is 1. The van der Waals surface area contributed by atoms with Crippen molar-refractivity contribution in [2.75, 3.05) is 0 Å². The van der Waals surface area contributed by atoms with Gasteiger partial charge in [-0.05, 0) is 42.8 Å². The molecule has 0 fully saturated rings. The minimum absolute atomic E-state index is 0.0249. The molecule has 7 heteroatoms. The van der Waals surface area contributed by atoms with E-state index in [0.717, 1.165) is 27.9 Å². The van der Waals surface area contributed by atoms with Gasteiger partial charge in [0, 0.05) is 7.05 Å². The van der Waals surface area contributed by atoms with Crippen LogP contribution >= 0.6 is 11.3 Å². The first-order chi connectivity index (χ1) is 10.4. The van der Waals surface area contributed by atoms with Gasteiger partial charge in [-0.2, -0.15) is 8.42 Å². The minimum atomic E-state index is -3.87. The predicted octanol–water partition coefficient (Wildman–Crippen LogP) is 2.98. The quantitative estimate of drug-likeness (QED) is 0.722. The summed E-state index contributed by atoms with van der Waals surface area (Å²) in [7, 11) is -2.08. The lowest BCUT2D eigenvalue weighted by atomic mass is 10.2. The Morgan fingerprint density at radius 1 is 1.14 bits per heavy atom. The fraction of sp³-hybridized carbons (Fsp3) is 0.133. The van der Waals surface area contributed by atoms with Crippen LogP contribution in [0.15, 0.2) is 51.8 Å². The summed E-state index contributed by atoms with van der Waals surface area (Å²) in [4.78, 5) is 0.358. The molecule has 0 atom stereocenters. The number of para-hydroxylation sites is 1.